The first-order valence-electron chi connectivity index (χ1n) is 4.38. The maximum atomic E-state index is 9.48. The number of rotatable bonds is 2. The van der Waals surface area contributed by atoms with E-state index in [1.54, 1.807) is 24.3 Å². The van der Waals surface area contributed by atoms with Crippen molar-refractivity contribution in [2.24, 2.45) is 0 Å². The Hall–Kier alpha value is -2.30. The minimum atomic E-state index is 0.151. The fourth-order valence-corrected chi connectivity index (χ4v) is 1.10. The molecule has 2 rings (SSSR count). The van der Waals surface area contributed by atoms with Gasteiger partial charge in [0, 0.05) is 0 Å². The second-order valence-corrected chi connectivity index (χ2v) is 2.98. The van der Waals surface area contributed by atoms with Crippen molar-refractivity contribution in [2.45, 2.75) is 0 Å². The van der Waals surface area contributed by atoms with Crippen molar-refractivity contribution in [1.82, 2.24) is 9.97 Å². The summed E-state index contributed by atoms with van der Waals surface area (Å²) >= 11 is 0. The zero-order valence-electron chi connectivity index (χ0n) is 7.88. The van der Waals surface area contributed by atoms with Crippen LogP contribution in [0.5, 0.6) is 5.75 Å². The minimum absolute atomic E-state index is 0.151. The average Bonchev–Trinajstić information content (AvgIpc) is 2.25. The molecule has 0 saturated heterocycles. The second kappa shape index (κ2) is 3.83. The lowest BCUT2D eigenvalue weighted by molar-refractivity contribution is 0.477. The first-order chi connectivity index (χ1) is 7.25. The number of nitrogens with two attached hydrogens (primary N) is 1. The Morgan fingerprint density at radius 3 is 2.47 bits per heavy atom. The van der Waals surface area contributed by atoms with Crippen LogP contribution in [0.15, 0.2) is 36.7 Å². The summed E-state index contributed by atoms with van der Waals surface area (Å²) in [5.74, 6) is 0.545. The Morgan fingerprint density at radius 1 is 1.13 bits per heavy atom. The number of anilines is 3. The van der Waals surface area contributed by atoms with Gasteiger partial charge >= 0.3 is 0 Å². The average molecular weight is 202 g/mol. The molecule has 0 bridgehead atoms. The molecule has 0 aliphatic heterocycles. The van der Waals surface area contributed by atoms with E-state index in [1.807, 2.05) is 0 Å². The second-order valence-electron chi connectivity index (χ2n) is 2.98. The predicted molar refractivity (Wildman–Crippen MR) is 57.8 cm³/mol. The molecule has 0 atom stereocenters. The number of nitrogen functional groups attached to an aromatic ring is 1. The summed E-state index contributed by atoms with van der Waals surface area (Å²) in [6.45, 7) is 0. The summed E-state index contributed by atoms with van der Waals surface area (Å²) in [5, 5.41) is 12.4. The van der Waals surface area contributed by atoms with Gasteiger partial charge in [0.2, 0.25) is 5.95 Å². The van der Waals surface area contributed by atoms with E-state index in [0.717, 1.165) is 0 Å². The number of hydrogen-bond donors (Lipinski definition) is 3. The molecule has 15 heavy (non-hydrogen) atoms. The molecule has 0 saturated carbocycles. The summed E-state index contributed by atoms with van der Waals surface area (Å²) in [6.07, 6.45) is 2.99. The Kier molecular flexibility index (Phi) is 2.37. The van der Waals surface area contributed by atoms with Gasteiger partial charge in [-0.2, -0.15) is 0 Å². The third kappa shape index (κ3) is 2.14. The molecule has 5 nitrogen and oxygen atoms in total. The van der Waals surface area contributed by atoms with E-state index in [9.17, 15) is 5.11 Å². The van der Waals surface area contributed by atoms with Gasteiger partial charge in [0.05, 0.1) is 23.8 Å². The topological polar surface area (TPSA) is 84.1 Å². The van der Waals surface area contributed by atoms with Gasteiger partial charge in [0.25, 0.3) is 0 Å². The lowest BCUT2D eigenvalue weighted by atomic mass is 10.3. The highest BCUT2D eigenvalue weighted by atomic mass is 16.3. The number of aromatic hydroxyl groups is 1. The number of phenols is 1. The van der Waals surface area contributed by atoms with Crippen molar-refractivity contribution in [2.75, 3.05) is 11.1 Å². The lowest BCUT2D eigenvalue weighted by Gasteiger charge is -2.05. The molecule has 2 aromatic rings. The zero-order valence-corrected chi connectivity index (χ0v) is 7.88. The largest absolute Gasteiger partial charge is 0.506 e. The van der Waals surface area contributed by atoms with Crippen molar-refractivity contribution < 1.29 is 5.11 Å². The molecule has 0 radical (unpaired) electrons. The molecule has 5 heteroatoms. The van der Waals surface area contributed by atoms with Crippen LogP contribution in [-0.4, -0.2) is 15.1 Å². The summed E-state index contributed by atoms with van der Waals surface area (Å²) in [5.41, 5.74) is 6.50. The first kappa shape index (κ1) is 9.26. The standard InChI is InChI=1S/C10H10N4O/c11-7-5-12-10(13-6-7)14-8-3-1-2-4-9(8)15/h1-6,15H,11H2,(H,12,13,14). The molecule has 4 N–H and O–H groups in total. The van der Waals surface area contributed by atoms with E-state index in [1.165, 1.54) is 12.4 Å². The van der Waals surface area contributed by atoms with Gasteiger partial charge in [0.15, 0.2) is 0 Å². The van der Waals surface area contributed by atoms with E-state index in [-0.39, 0.29) is 5.75 Å². The molecular formula is C10H10N4O. The third-order valence-corrected chi connectivity index (χ3v) is 1.82. The summed E-state index contributed by atoms with van der Waals surface area (Å²) in [6, 6.07) is 6.86. The summed E-state index contributed by atoms with van der Waals surface area (Å²) < 4.78 is 0. The maximum Gasteiger partial charge on any atom is 0.227 e. The molecule has 0 aliphatic rings. The molecule has 0 spiro atoms. The van der Waals surface area contributed by atoms with Crippen molar-refractivity contribution in [1.29, 1.82) is 0 Å². The van der Waals surface area contributed by atoms with Crippen LogP contribution >= 0.6 is 0 Å². The molecule has 1 aromatic heterocycles. The maximum absolute atomic E-state index is 9.48. The van der Waals surface area contributed by atoms with Gasteiger partial charge in [-0.1, -0.05) is 12.1 Å². The van der Waals surface area contributed by atoms with Crippen molar-refractivity contribution in [3.8, 4) is 5.75 Å². The highest BCUT2D eigenvalue weighted by molar-refractivity contribution is 5.61. The number of phenolic OH excluding ortho intramolecular Hbond substituents is 1. The molecule has 0 fully saturated rings. The number of nitrogens with zero attached hydrogens (tertiary/aromatic N) is 2. The molecule has 1 heterocycles. The van der Waals surface area contributed by atoms with Crippen LogP contribution in [-0.2, 0) is 0 Å². The number of benzene rings is 1. The van der Waals surface area contributed by atoms with Gasteiger partial charge in [-0.25, -0.2) is 9.97 Å². The van der Waals surface area contributed by atoms with E-state index in [2.05, 4.69) is 15.3 Å². The Balaban J connectivity index is 2.22. The number of aromatic nitrogens is 2. The van der Waals surface area contributed by atoms with E-state index >= 15 is 0 Å². The first-order valence-corrected chi connectivity index (χ1v) is 4.38. The van der Waals surface area contributed by atoms with Crippen LogP contribution in [0.1, 0.15) is 0 Å². The summed E-state index contributed by atoms with van der Waals surface area (Å²) in [7, 11) is 0. The number of hydrogen-bond acceptors (Lipinski definition) is 5. The Bertz CT molecular complexity index is 455. The van der Waals surface area contributed by atoms with Crippen LogP contribution in [0.3, 0.4) is 0 Å². The van der Waals surface area contributed by atoms with E-state index in [4.69, 9.17) is 5.73 Å². The monoisotopic (exact) mass is 202 g/mol. The number of para-hydroxylation sites is 2. The van der Waals surface area contributed by atoms with Crippen LogP contribution in [0.4, 0.5) is 17.3 Å². The minimum Gasteiger partial charge on any atom is -0.506 e. The van der Waals surface area contributed by atoms with Crippen molar-refractivity contribution in [3.63, 3.8) is 0 Å². The molecule has 0 aliphatic carbocycles. The van der Waals surface area contributed by atoms with Crippen LogP contribution in [0.25, 0.3) is 0 Å². The highest BCUT2D eigenvalue weighted by Crippen LogP contribution is 2.23. The van der Waals surface area contributed by atoms with Crippen LogP contribution < -0.4 is 11.1 Å². The molecule has 76 valence electrons. The summed E-state index contributed by atoms with van der Waals surface area (Å²) in [4.78, 5) is 7.91. The van der Waals surface area contributed by atoms with Gasteiger partial charge in [-0.15, -0.1) is 0 Å². The molecule has 0 unspecified atom stereocenters. The smallest absolute Gasteiger partial charge is 0.227 e. The Labute approximate surface area is 86.6 Å². The van der Waals surface area contributed by atoms with Gasteiger partial charge in [-0.3, -0.25) is 0 Å². The highest BCUT2D eigenvalue weighted by Gasteiger charge is 2.01. The van der Waals surface area contributed by atoms with Crippen molar-refractivity contribution in [3.05, 3.63) is 36.7 Å². The fourth-order valence-electron chi connectivity index (χ4n) is 1.10. The fraction of sp³-hybridized carbons (Fsp3) is 0. The third-order valence-electron chi connectivity index (χ3n) is 1.82. The van der Waals surface area contributed by atoms with E-state index < -0.39 is 0 Å². The number of nitrogens with one attached hydrogen (secondary N) is 1. The Morgan fingerprint density at radius 2 is 1.80 bits per heavy atom. The van der Waals surface area contributed by atoms with Gasteiger partial charge < -0.3 is 16.2 Å². The predicted octanol–water partition coefficient (Wildman–Crippen LogP) is 1.51. The molecule has 1 aromatic carbocycles. The molecule has 0 amide bonds. The molecular weight excluding hydrogens is 192 g/mol. The lowest BCUT2D eigenvalue weighted by Crippen LogP contribution is -1.97. The van der Waals surface area contributed by atoms with Crippen molar-refractivity contribution >= 4 is 17.3 Å². The van der Waals surface area contributed by atoms with Gasteiger partial charge in [-0.05, 0) is 12.1 Å². The quantitative estimate of drug-likeness (QED) is 0.643. The normalized spacial score (nSPS) is 9.87. The zero-order chi connectivity index (χ0) is 10.7. The SMILES string of the molecule is Nc1cnc(Nc2ccccc2O)nc1. The van der Waals surface area contributed by atoms with Gasteiger partial charge in [0.1, 0.15) is 5.75 Å². The van der Waals surface area contributed by atoms with Crippen LogP contribution in [0.2, 0.25) is 0 Å². The van der Waals surface area contributed by atoms with Crippen LogP contribution in [0, 0.1) is 0 Å². The van der Waals surface area contributed by atoms with E-state index in [0.29, 0.717) is 17.3 Å².